The van der Waals surface area contributed by atoms with Gasteiger partial charge in [0.25, 0.3) is 0 Å². The normalized spacial score (nSPS) is 11.6. The summed E-state index contributed by atoms with van der Waals surface area (Å²) in [6, 6.07) is 24.7. The Hall–Kier alpha value is -2.91. The highest BCUT2D eigenvalue weighted by Gasteiger charge is 2.17. The van der Waals surface area contributed by atoms with Gasteiger partial charge in [0.05, 0.1) is 10.9 Å². The molecule has 3 nitrogen and oxygen atoms in total. The average Bonchev–Trinajstić information content (AvgIpc) is 2.68. The van der Waals surface area contributed by atoms with Gasteiger partial charge in [0.15, 0.2) is 0 Å². The van der Waals surface area contributed by atoms with E-state index < -0.39 is 0 Å². The Morgan fingerprint density at radius 2 is 1.55 bits per heavy atom. The van der Waals surface area contributed by atoms with Crippen molar-refractivity contribution in [3.8, 4) is 11.1 Å². The summed E-state index contributed by atoms with van der Waals surface area (Å²) in [5, 5.41) is 4.75. The van der Waals surface area contributed by atoms with Crippen LogP contribution in [0.15, 0.2) is 72.8 Å². The van der Waals surface area contributed by atoms with Crippen LogP contribution in [0.3, 0.4) is 0 Å². The number of benzene rings is 3. The number of hydrogen-bond donors (Lipinski definition) is 1. The Morgan fingerprint density at radius 1 is 0.828 bits per heavy atom. The highest BCUT2D eigenvalue weighted by atomic mass is 35.5. The van der Waals surface area contributed by atoms with Gasteiger partial charge in [-0.05, 0) is 52.3 Å². The fraction of sp³-hybridized carbons (Fsp3) is 0.200. The Kier molecular flexibility index (Phi) is 5.25. The number of aromatic nitrogens is 2. The zero-order valence-corrected chi connectivity index (χ0v) is 17.7. The van der Waals surface area contributed by atoms with E-state index in [4.69, 9.17) is 11.6 Å². The first kappa shape index (κ1) is 19.4. The van der Waals surface area contributed by atoms with Crippen LogP contribution in [-0.2, 0) is 6.42 Å². The second kappa shape index (κ2) is 7.84. The van der Waals surface area contributed by atoms with Crippen LogP contribution >= 0.6 is 11.6 Å². The number of hydrogen-bond acceptors (Lipinski definition) is 3. The second-order valence-electron chi connectivity index (χ2n) is 8.43. The maximum atomic E-state index is 6.27. The predicted molar refractivity (Wildman–Crippen MR) is 123 cm³/mol. The summed E-state index contributed by atoms with van der Waals surface area (Å²) in [6.45, 7) is 6.73. The molecule has 0 aliphatic rings. The number of rotatable bonds is 4. The molecule has 0 radical (unpaired) electrons. The van der Waals surface area contributed by atoms with E-state index in [1.54, 1.807) is 0 Å². The molecule has 4 aromatic rings. The first-order valence-electron chi connectivity index (χ1n) is 9.77. The van der Waals surface area contributed by atoms with Crippen LogP contribution in [-0.4, -0.2) is 9.97 Å². The maximum absolute atomic E-state index is 6.27. The molecule has 0 fully saturated rings. The van der Waals surface area contributed by atoms with Crippen molar-refractivity contribution in [1.82, 2.24) is 9.97 Å². The molecule has 1 aromatic heterocycles. The number of para-hydroxylation sites is 1. The zero-order chi connectivity index (χ0) is 20.4. The molecule has 1 heterocycles. The quantitative estimate of drug-likeness (QED) is 0.365. The smallest absolute Gasteiger partial charge is 0.224 e. The summed E-state index contributed by atoms with van der Waals surface area (Å²) in [6.07, 6.45) is 0.957. The van der Waals surface area contributed by atoms with E-state index in [1.807, 2.05) is 36.4 Å². The molecule has 0 aliphatic heterocycles. The molecule has 0 saturated carbocycles. The molecular weight excluding hydrogens is 378 g/mol. The summed E-state index contributed by atoms with van der Waals surface area (Å²) in [7, 11) is 0. The van der Waals surface area contributed by atoms with E-state index in [9.17, 15) is 0 Å². The van der Waals surface area contributed by atoms with Gasteiger partial charge in [0, 0.05) is 5.69 Å². The minimum absolute atomic E-state index is 0.179. The summed E-state index contributed by atoms with van der Waals surface area (Å²) < 4.78 is 0. The van der Waals surface area contributed by atoms with Crippen LogP contribution in [0.1, 0.15) is 26.3 Å². The third kappa shape index (κ3) is 4.41. The SMILES string of the molecule is CC(C)(C)Cc1ccccc1Nc1nc(Cl)nc2cccc(-c3ccccc3)c12. The third-order valence-corrected chi connectivity index (χ3v) is 4.94. The number of nitrogens with zero attached hydrogens (tertiary/aromatic N) is 2. The molecule has 4 heteroatoms. The van der Waals surface area contributed by atoms with Gasteiger partial charge in [-0.3, -0.25) is 0 Å². The molecule has 0 saturated heterocycles. The highest BCUT2D eigenvalue weighted by Crippen LogP contribution is 2.35. The Bertz CT molecular complexity index is 1150. The van der Waals surface area contributed by atoms with Crippen molar-refractivity contribution >= 4 is 34.0 Å². The fourth-order valence-corrected chi connectivity index (χ4v) is 3.77. The largest absolute Gasteiger partial charge is 0.339 e. The van der Waals surface area contributed by atoms with Crippen molar-refractivity contribution in [2.75, 3.05) is 5.32 Å². The molecule has 0 unspecified atom stereocenters. The maximum Gasteiger partial charge on any atom is 0.224 e. The number of nitrogens with one attached hydrogen (secondary N) is 1. The molecule has 146 valence electrons. The summed E-state index contributed by atoms with van der Waals surface area (Å²) in [5.41, 5.74) is 5.49. The van der Waals surface area contributed by atoms with Gasteiger partial charge in [-0.15, -0.1) is 0 Å². The topological polar surface area (TPSA) is 37.8 Å². The van der Waals surface area contributed by atoms with Gasteiger partial charge in [-0.25, -0.2) is 4.98 Å². The van der Waals surface area contributed by atoms with E-state index in [0.717, 1.165) is 40.0 Å². The molecule has 29 heavy (non-hydrogen) atoms. The fourth-order valence-electron chi connectivity index (χ4n) is 3.60. The van der Waals surface area contributed by atoms with E-state index in [2.05, 4.69) is 72.5 Å². The van der Waals surface area contributed by atoms with Crippen molar-refractivity contribution < 1.29 is 0 Å². The lowest BCUT2D eigenvalue weighted by molar-refractivity contribution is 0.412. The molecule has 0 spiro atoms. The van der Waals surface area contributed by atoms with Gasteiger partial charge >= 0.3 is 0 Å². The molecule has 0 amide bonds. The predicted octanol–water partition coefficient (Wildman–Crippen LogP) is 7.28. The second-order valence-corrected chi connectivity index (χ2v) is 8.76. The first-order chi connectivity index (χ1) is 13.9. The first-order valence-corrected chi connectivity index (χ1v) is 10.2. The molecule has 1 N–H and O–H groups in total. The zero-order valence-electron chi connectivity index (χ0n) is 16.9. The van der Waals surface area contributed by atoms with Crippen LogP contribution in [0.4, 0.5) is 11.5 Å². The monoisotopic (exact) mass is 401 g/mol. The van der Waals surface area contributed by atoms with Crippen molar-refractivity contribution in [1.29, 1.82) is 0 Å². The third-order valence-electron chi connectivity index (χ3n) is 4.77. The van der Waals surface area contributed by atoms with E-state index in [0.29, 0.717) is 0 Å². The average molecular weight is 402 g/mol. The minimum Gasteiger partial charge on any atom is -0.339 e. The standard InChI is InChI=1S/C25H24ClN3/c1-25(2,3)16-18-12-7-8-14-20(18)27-23-22-19(17-10-5-4-6-11-17)13-9-15-21(22)28-24(26)29-23/h4-15H,16H2,1-3H3,(H,27,28,29). The molecule has 3 aromatic carbocycles. The Balaban J connectivity index is 1.87. The van der Waals surface area contributed by atoms with Gasteiger partial charge in [-0.1, -0.05) is 81.4 Å². The Morgan fingerprint density at radius 3 is 2.31 bits per heavy atom. The van der Waals surface area contributed by atoms with E-state index >= 15 is 0 Å². The van der Waals surface area contributed by atoms with Crippen LogP contribution in [0, 0.1) is 5.41 Å². The number of fused-ring (bicyclic) bond motifs is 1. The summed E-state index contributed by atoms with van der Waals surface area (Å²) in [4.78, 5) is 9.02. The van der Waals surface area contributed by atoms with Gasteiger partial charge < -0.3 is 5.32 Å². The Labute approximate surface area is 176 Å². The number of anilines is 2. The lowest BCUT2D eigenvalue weighted by Gasteiger charge is -2.21. The van der Waals surface area contributed by atoms with E-state index in [-0.39, 0.29) is 10.7 Å². The van der Waals surface area contributed by atoms with E-state index in [1.165, 1.54) is 5.56 Å². The van der Waals surface area contributed by atoms with Crippen molar-refractivity contribution in [3.63, 3.8) is 0 Å². The summed E-state index contributed by atoms with van der Waals surface area (Å²) in [5.74, 6) is 0.723. The van der Waals surface area contributed by atoms with Crippen LogP contribution in [0.2, 0.25) is 5.28 Å². The molecule has 4 rings (SSSR count). The minimum atomic E-state index is 0.179. The molecular formula is C25H24ClN3. The highest BCUT2D eigenvalue weighted by molar-refractivity contribution is 6.29. The van der Waals surface area contributed by atoms with Crippen LogP contribution < -0.4 is 5.32 Å². The van der Waals surface area contributed by atoms with Crippen molar-refractivity contribution in [2.45, 2.75) is 27.2 Å². The van der Waals surface area contributed by atoms with Crippen molar-refractivity contribution in [3.05, 3.63) is 83.6 Å². The lowest BCUT2D eigenvalue weighted by Crippen LogP contribution is -2.11. The molecule has 0 bridgehead atoms. The van der Waals surface area contributed by atoms with Crippen LogP contribution in [0.5, 0.6) is 0 Å². The van der Waals surface area contributed by atoms with Gasteiger partial charge in [-0.2, -0.15) is 4.98 Å². The molecule has 0 atom stereocenters. The van der Waals surface area contributed by atoms with Crippen LogP contribution in [0.25, 0.3) is 22.0 Å². The van der Waals surface area contributed by atoms with Gasteiger partial charge in [0.1, 0.15) is 5.82 Å². The van der Waals surface area contributed by atoms with Gasteiger partial charge in [0.2, 0.25) is 5.28 Å². The lowest BCUT2D eigenvalue weighted by atomic mass is 9.87. The summed E-state index contributed by atoms with van der Waals surface area (Å²) >= 11 is 6.27. The molecule has 0 aliphatic carbocycles. The van der Waals surface area contributed by atoms with Crippen molar-refractivity contribution in [2.24, 2.45) is 5.41 Å². The number of halogens is 1.